The molecule has 20 heavy (non-hydrogen) atoms. The Morgan fingerprint density at radius 2 is 2.15 bits per heavy atom. The van der Waals surface area contributed by atoms with E-state index in [4.69, 9.17) is 16.0 Å². The summed E-state index contributed by atoms with van der Waals surface area (Å²) < 4.78 is 7.67. The van der Waals surface area contributed by atoms with Crippen molar-refractivity contribution in [1.29, 1.82) is 0 Å². The van der Waals surface area contributed by atoms with Crippen LogP contribution in [0.25, 0.3) is 11.0 Å². The van der Waals surface area contributed by atoms with Crippen LogP contribution in [0.15, 0.2) is 28.8 Å². The molecule has 3 rings (SSSR count). The molecule has 0 aliphatic rings. The first-order chi connectivity index (χ1) is 9.56. The first-order valence-electron chi connectivity index (χ1n) is 6.57. The van der Waals surface area contributed by atoms with Crippen LogP contribution in [0.3, 0.4) is 0 Å². The maximum atomic E-state index is 6.27. The third kappa shape index (κ3) is 2.20. The zero-order chi connectivity index (χ0) is 14.3. The number of benzene rings is 1. The number of hydrogen-bond acceptors (Lipinski definition) is 3. The van der Waals surface area contributed by atoms with E-state index in [0.29, 0.717) is 12.4 Å². The van der Waals surface area contributed by atoms with Crippen LogP contribution < -0.4 is 0 Å². The predicted octanol–water partition coefficient (Wildman–Crippen LogP) is 3.99. The minimum absolute atomic E-state index is 0.169. The molecule has 104 valence electrons. The van der Waals surface area contributed by atoms with Crippen molar-refractivity contribution < 1.29 is 4.42 Å². The van der Waals surface area contributed by atoms with Crippen molar-refractivity contribution in [3.8, 4) is 0 Å². The van der Waals surface area contributed by atoms with Crippen LogP contribution in [0.5, 0.6) is 0 Å². The van der Waals surface area contributed by atoms with Crippen molar-refractivity contribution in [2.45, 2.75) is 32.7 Å². The summed E-state index contributed by atoms with van der Waals surface area (Å²) in [6.07, 6.45) is 1.73. The van der Waals surface area contributed by atoms with Gasteiger partial charge in [0.2, 0.25) is 5.89 Å². The molecule has 0 bridgehead atoms. The second-order valence-electron chi connectivity index (χ2n) is 4.98. The van der Waals surface area contributed by atoms with E-state index in [9.17, 15) is 0 Å². The number of nitrogens with zero attached hydrogens (tertiary/aromatic N) is 3. The molecule has 1 aromatic carbocycles. The number of para-hydroxylation sites is 1. The number of imidazole rings is 1. The van der Waals surface area contributed by atoms with Gasteiger partial charge >= 0.3 is 0 Å². The molecular weight excluding hydrogens is 274 g/mol. The fourth-order valence-electron chi connectivity index (χ4n) is 2.46. The van der Waals surface area contributed by atoms with Gasteiger partial charge in [-0.25, -0.2) is 9.97 Å². The summed E-state index contributed by atoms with van der Waals surface area (Å²) in [5.41, 5.74) is 3.21. The van der Waals surface area contributed by atoms with Crippen molar-refractivity contribution in [2.75, 3.05) is 0 Å². The van der Waals surface area contributed by atoms with Gasteiger partial charge in [0, 0.05) is 0 Å². The molecule has 2 aromatic heterocycles. The zero-order valence-electron chi connectivity index (χ0n) is 11.7. The Labute approximate surface area is 122 Å². The van der Waals surface area contributed by atoms with Crippen molar-refractivity contribution in [2.24, 2.45) is 0 Å². The van der Waals surface area contributed by atoms with Crippen LogP contribution in [0, 0.1) is 13.8 Å². The van der Waals surface area contributed by atoms with Crippen LogP contribution >= 0.6 is 11.6 Å². The van der Waals surface area contributed by atoms with E-state index in [2.05, 4.69) is 27.5 Å². The van der Waals surface area contributed by atoms with Gasteiger partial charge in [0.15, 0.2) is 0 Å². The van der Waals surface area contributed by atoms with Crippen LogP contribution in [0.1, 0.15) is 35.3 Å². The smallest absolute Gasteiger partial charge is 0.214 e. The molecule has 5 heteroatoms. The lowest BCUT2D eigenvalue weighted by Gasteiger charge is -2.09. The largest absolute Gasteiger partial charge is 0.444 e. The Morgan fingerprint density at radius 1 is 1.35 bits per heavy atom. The average Bonchev–Trinajstić information content (AvgIpc) is 2.95. The highest BCUT2D eigenvalue weighted by Gasteiger charge is 2.17. The van der Waals surface area contributed by atoms with Gasteiger partial charge in [-0.1, -0.05) is 12.1 Å². The number of halogens is 1. The van der Waals surface area contributed by atoms with Crippen molar-refractivity contribution in [1.82, 2.24) is 14.5 Å². The number of oxazole rings is 1. The molecule has 0 aliphatic heterocycles. The summed E-state index contributed by atoms with van der Waals surface area (Å²) >= 11 is 6.27. The molecular formula is C15H16ClN3O. The number of alkyl halides is 1. The van der Waals surface area contributed by atoms with Gasteiger partial charge in [0.25, 0.3) is 0 Å². The third-order valence-corrected chi connectivity index (χ3v) is 3.51. The fourth-order valence-corrected chi connectivity index (χ4v) is 2.62. The van der Waals surface area contributed by atoms with E-state index in [1.807, 2.05) is 26.0 Å². The summed E-state index contributed by atoms with van der Waals surface area (Å²) in [6, 6.07) is 6.08. The molecule has 1 atom stereocenters. The summed E-state index contributed by atoms with van der Waals surface area (Å²) in [6.45, 7) is 6.43. The molecule has 0 saturated carbocycles. The molecule has 1 unspecified atom stereocenters. The second-order valence-corrected chi connectivity index (χ2v) is 5.63. The van der Waals surface area contributed by atoms with E-state index in [0.717, 1.165) is 22.6 Å². The molecule has 0 fully saturated rings. The van der Waals surface area contributed by atoms with Gasteiger partial charge < -0.3 is 8.98 Å². The number of fused-ring (bicyclic) bond motifs is 1. The lowest BCUT2D eigenvalue weighted by molar-refractivity contribution is 0.456. The van der Waals surface area contributed by atoms with Crippen LogP contribution in [0.2, 0.25) is 0 Å². The zero-order valence-corrected chi connectivity index (χ0v) is 12.5. The molecule has 0 N–H and O–H groups in total. The summed E-state index contributed by atoms with van der Waals surface area (Å²) in [5, 5.41) is -0.169. The van der Waals surface area contributed by atoms with Gasteiger partial charge in [-0.05, 0) is 32.4 Å². The topological polar surface area (TPSA) is 43.9 Å². The normalized spacial score (nSPS) is 13.0. The fraction of sp³-hybridized carbons (Fsp3) is 0.333. The van der Waals surface area contributed by atoms with Crippen LogP contribution in [-0.4, -0.2) is 14.5 Å². The molecule has 0 amide bonds. The summed E-state index contributed by atoms with van der Waals surface area (Å²) in [5.74, 6) is 2.32. The van der Waals surface area contributed by atoms with E-state index in [1.54, 1.807) is 6.20 Å². The monoisotopic (exact) mass is 289 g/mol. The molecule has 0 radical (unpaired) electrons. The maximum absolute atomic E-state index is 6.27. The third-order valence-electron chi connectivity index (χ3n) is 3.32. The SMILES string of the molecule is Cc1cnc(Cn2c(C(C)Cl)nc3cccc(C)c32)o1. The minimum Gasteiger partial charge on any atom is -0.444 e. The van der Waals surface area contributed by atoms with Gasteiger partial charge in [-0.2, -0.15) is 0 Å². The van der Waals surface area contributed by atoms with E-state index in [-0.39, 0.29) is 5.38 Å². The highest BCUT2D eigenvalue weighted by atomic mass is 35.5. The van der Waals surface area contributed by atoms with Gasteiger partial charge in [0.05, 0.1) is 22.6 Å². The molecule has 2 heterocycles. The van der Waals surface area contributed by atoms with Crippen molar-refractivity contribution >= 4 is 22.6 Å². The Balaban J connectivity index is 2.18. The van der Waals surface area contributed by atoms with E-state index >= 15 is 0 Å². The van der Waals surface area contributed by atoms with Gasteiger partial charge in [0.1, 0.15) is 18.1 Å². The minimum atomic E-state index is -0.169. The van der Waals surface area contributed by atoms with Gasteiger partial charge in [-0.3, -0.25) is 0 Å². The lowest BCUT2D eigenvalue weighted by Crippen LogP contribution is -2.06. The molecule has 0 spiro atoms. The summed E-state index contributed by atoms with van der Waals surface area (Å²) in [7, 11) is 0. The van der Waals surface area contributed by atoms with E-state index in [1.165, 1.54) is 5.56 Å². The average molecular weight is 290 g/mol. The first-order valence-corrected chi connectivity index (χ1v) is 7.01. The Morgan fingerprint density at radius 3 is 2.80 bits per heavy atom. The summed E-state index contributed by atoms with van der Waals surface area (Å²) in [4.78, 5) is 8.91. The van der Waals surface area contributed by atoms with Gasteiger partial charge in [-0.15, -0.1) is 11.6 Å². The van der Waals surface area contributed by atoms with E-state index < -0.39 is 0 Å². The highest BCUT2D eigenvalue weighted by Crippen LogP contribution is 2.27. The lowest BCUT2D eigenvalue weighted by atomic mass is 10.2. The number of aromatic nitrogens is 3. The molecule has 4 nitrogen and oxygen atoms in total. The Bertz CT molecular complexity index is 758. The van der Waals surface area contributed by atoms with Crippen molar-refractivity contribution in [3.63, 3.8) is 0 Å². The number of rotatable bonds is 3. The van der Waals surface area contributed by atoms with Crippen LogP contribution in [-0.2, 0) is 6.54 Å². The first kappa shape index (κ1) is 13.2. The number of hydrogen-bond donors (Lipinski definition) is 0. The Hall–Kier alpha value is -1.81. The Kier molecular flexibility index (Phi) is 3.26. The predicted molar refractivity (Wildman–Crippen MR) is 79.1 cm³/mol. The maximum Gasteiger partial charge on any atom is 0.214 e. The number of aryl methyl sites for hydroxylation is 2. The van der Waals surface area contributed by atoms with Crippen molar-refractivity contribution in [3.05, 3.63) is 47.4 Å². The molecule has 0 aliphatic carbocycles. The van der Waals surface area contributed by atoms with Crippen LogP contribution in [0.4, 0.5) is 0 Å². The highest BCUT2D eigenvalue weighted by molar-refractivity contribution is 6.20. The molecule has 3 aromatic rings. The quantitative estimate of drug-likeness (QED) is 0.685. The molecule has 0 saturated heterocycles. The standard InChI is InChI=1S/C15H16ClN3O/c1-9-5-4-6-12-14(9)19(15(18-12)11(3)16)8-13-17-7-10(2)20-13/h4-7,11H,8H2,1-3H3. The second kappa shape index (κ2) is 4.94.